The molecule has 0 aliphatic rings. The van der Waals surface area contributed by atoms with Crippen molar-refractivity contribution in [3.8, 4) is 0 Å². The second kappa shape index (κ2) is 12.3. The third-order valence-corrected chi connectivity index (χ3v) is 6.87. The summed E-state index contributed by atoms with van der Waals surface area (Å²) >= 11 is 1.71. The van der Waals surface area contributed by atoms with Gasteiger partial charge < -0.3 is 9.94 Å². The number of hydrogen-bond acceptors (Lipinski definition) is 5. The maximum atomic E-state index is 10.9. The van der Waals surface area contributed by atoms with Crippen molar-refractivity contribution < 1.29 is 14.7 Å². The van der Waals surface area contributed by atoms with Crippen LogP contribution in [0.15, 0.2) is 118 Å². The van der Waals surface area contributed by atoms with Gasteiger partial charge in [-0.3, -0.25) is 0 Å². The monoisotopic (exact) mass is 495 g/mol. The van der Waals surface area contributed by atoms with Gasteiger partial charge in [-0.15, -0.1) is 0 Å². The number of aliphatic hydroxyl groups excluding tert-OH is 1. The summed E-state index contributed by atoms with van der Waals surface area (Å²) in [4.78, 5) is 18.0. The maximum Gasteiger partial charge on any atom is 0.331 e. The molecule has 4 rings (SSSR count). The van der Waals surface area contributed by atoms with Crippen molar-refractivity contribution >= 4 is 23.4 Å². The van der Waals surface area contributed by atoms with Crippen LogP contribution in [0.25, 0.3) is 0 Å². The smallest absolute Gasteiger partial charge is 0.331 e. The molecule has 0 bridgehead atoms. The quantitative estimate of drug-likeness (QED) is 0.154. The first-order valence-corrected chi connectivity index (χ1v) is 12.7. The van der Waals surface area contributed by atoms with E-state index in [-0.39, 0.29) is 0 Å². The highest BCUT2D eigenvalue weighted by atomic mass is 32.2. The number of aliphatic hydroxyl groups is 1. The molecule has 36 heavy (non-hydrogen) atoms. The van der Waals surface area contributed by atoms with E-state index in [1.54, 1.807) is 11.8 Å². The van der Waals surface area contributed by atoms with Gasteiger partial charge in [-0.25, -0.2) is 4.79 Å². The summed E-state index contributed by atoms with van der Waals surface area (Å²) in [6.45, 7) is 3.14. The van der Waals surface area contributed by atoms with Crippen LogP contribution < -0.4 is 0 Å². The molecule has 0 aliphatic heterocycles. The third kappa shape index (κ3) is 7.17. The molecule has 0 saturated heterocycles. The summed E-state index contributed by atoms with van der Waals surface area (Å²) < 4.78 is 0. The Morgan fingerprint density at radius 2 is 1.25 bits per heavy atom. The Morgan fingerprint density at radius 3 is 1.81 bits per heavy atom. The van der Waals surface area contributed by atoms with Crippen molar-refractivity contribution in [3.63, 3.8) is 0 Å². The SMILES string of the molecule is CC(=O)ON=C(C)c1ccc(CCc2ccc(C(O)c3ccc(Sc4ccccc4)cc3)cc2)cc1. The van der Waals surface area contributed by atoms with Crippen LogP contribution in [-0.2, 0) is 22.5 Å². The fourth-order valence-electron chi connectivity index (χ4n) is 3.79. The molecule has 1 atom stereocenters. The second-order valence-electron chi connectivity index (χ2n) is 8.58. The highest BCUT2D eigenvalue weighted by Crippen LogP contribution is 2.30. The van der Waals surface area contributed by atoms with E-state index in [1.165, 1.54) is 22.9 Å². The summed E-state index contributed by atoms with van der Waals surface area (Å²) in [5.41, 5.74) is 5.79. The molecule has 4 aromatic carbocycles. The first-order valence-electron chi connectivity index (χ1n) is 11.9. The third-order valence-electron chi connectivity index (χ3n) is 5.86. The molecule has 4 aromatic rings. The van der Waals surface area contributed by atoms with Gasteiger partial charge in [0.2, 0.25) is 0 Å². The molecule has 0 aliphatic carbocycles. The molecule has 1 N–H and O–H groups in total. The zero-order valence-corrected chi connectivity index (χ0v) is 21.2. The minimum absolute atomic E-state index is 0.430. The van der Waals surface area contributed by atoms with Gasteiger partial charge in [-0.2, -0.15) is 0 Å². The predicted molar refractivity (Wildman–Crippen MR) is 145 cm³/mol. The lowest BCUT2D eigenvalue weighted by Gasteiger charge is -2.13. The Bertz CT molecular complexity index is 1300. The summed E-state index contributed by atoms with van der Waals surface area (Å²) in [7, 11) is 0. The fourth-order valence-corrected chi connectivity index (χ4v) is 4.63. The molecule has 5 heteroatoms. The van der Waals surface area contributed by atoms with E-state index in [1.807, 2.05) is 61.5 Å². The van der Waals surface area contributed by atoms with Crippen LogP contribution in [-0.4, -0.2) is 16.8 Å². The van der Waals surface area contributed by atoms with Gasteiger partial charge in [0.1, 0.15) is 6.10 Å². The molecule has 0 fully saturated rings. The lowest BCUT2D eigenvalue weighted by molar-refractivity contribution is -0.140. The molecule has 0 saturated carbocycles. The largest absolute Gasteiger partial charge is 0.384 e. The standard InChI is InChI=1S/C31H29NO3S/c1-22(32-35-23(2)33)26-14-10-24(11-15-26)8-9-25-12-16-27(17-13-25)31(34)28-18-20-30(21-19-28)36-29-6-4-3-5-7-29/h3-7,10-21,31,34H,8-9H2,1-2H3. The highest BCUT2D eigenvalue weighted by Gasteiger charge is 2.11. The van der Waals surface area contributed by atoms with Crippen molar-refractivity contribution in [2.75, 3.05) is 0 Å². The van der Waals surface area contributed by atoms with Crippen molar-refractivity contribution in [1.29, 1.82) is 0 Å². The normalized spacial score (nSPS) is 12.2. The van der Waals surface area contributed by atoms with Gasteiger partial charge in [0.15, 0.2) is 0 Å². The van der Waals surface area contributed by atoms with E-state index in [2.05, 4.69) is 53.7 Å². The number of rotatable bonds is 9. The van der Waals surface area contributed by atoms with Crippen LogP contribution in [0.5, 0.6) is 0 Å². The van der Waals surface area contributed by atoms with Crippen molar-refractivity contribution in [1.82, 2.24) is 0 Å². The maximum absolute atomic E-state index is 10.9. The van der Waals surface area contributed by atoms with Crippen LogP contribution in [0.1, 0.15) is 47.8 Å². The molecular formula is C31H29NO3S. The van der Waals surface area contributed by atoms with Gasteiger partial charge >= 0.3 is 5.97 Å². The average Bonchev–Trinajstić information content (AvgIpc) is 2.92. The van der Waals surface area contributed by atoms with E-state index < -0.39 is 12.1 Å². The van der Waals surface area contributed by atoms with E-state index in [9.17, 15) is 9.90 Å². The Hall–Kier alpha value is -3.67. The minimum atomic E-state index is -0.653. The van der Waals surface area contributed by atoms with Gasteiger partial charge in [-0.05, 0) is 71.8 Å². The molecule has 4 nitrogen and oxygen atoms in total. The van der Waals surface area contributed by atoms with E-state index >= 15 is 0 Å². The van der Waals surface area contributed by atoms with Gasteiger partial charge in [0, 0.05) is 16.7 Å². The number of carbonyl (C=O) groups excluding carboxylic acids is 1. The summed E-state index contributed by atoms with van der Waals surface area (Å²) in [6.07, 6.45) is 1.16. The summed E-state index contributed by atoms with van der Waals surface area (Å²) in [5, 5.41) is 14.7. The molecular weight excluding hydrogens is 466 g/mol. The predicted octanol–water partition coefficient (Wildman–Crippen LogP) is 6.99. The number of benzene rings is 4. The summed E-state index contributed by atoms with van der Waals surface area (Å²) in [6, 6.07) is 34.7. The molecule has 0 radical (unpaired) electrons. The molecule has 182 valence electrons. The number of hydrogen-bond donors (Lipinski definition) is 1. The van der Waals surface area contributed by atoms with Crippen LogP contribution in [0.2, 0.25) is 0 Å². The molecule has 0 heterocycles. The lowest BCUT2D eigenvalue weighted by Crippen LogP contribution is -2.01. The fraction of sp³-hybridized carbons (Fsp3) is 0.161. The highest BCUT2D eigenvalue weighted by molar-refractivity contribution is 7.99. The van der Waals surface area contributed by atoms with Gasteiger partial charge in [-0.1, -0.05) is 95.8 Å². The number of carbonyl (C=O) groups is 1. The molecule has 0 aromatic heterocycles. The first-order chi connectivity index (χ1) is 17.5. The zero-order chi connectivity index (χ0) is 25.3. The Labute approximate surface area is 216 Å². The van der Waals surface area contributed by atoms with Crippen LogP contribution in [0, 0.1) is 0 Å². The summed E-state index contributed by atoms with van der Waals surface area (Å²) in [5.74, 6) is -0.430. The van der Waals surface area contributed by atoms with Crippen molar-refractivity contribution in [2.24, 2.45) is 5.16 Å². The van der Waals surface area contributed by atoms with E-state index in [0.717, 1.165) is 34.4 Å². The minimum Gasteiger partial charge on any atom is -0.384 e. The van der Waals surface area contributed by atoms with Crippen LogP contribution in [0.3, 0.4) is 0 Å². The Morgan fingerprint density at radius 1 is 0.750 bits per heavy atom. The van der Waals surface area contributed by atoms with Crippen LogP contribution >= 0.6 is 11.8 Å². The second-order valence-corrected chi connectivity index (χ2v) is 9.73. The number of nitrogens with zero attached hydrogens (tertiary/aromatic N) is 1. The zero-order valence-electron chi connectivity index (χ0n) is 20.4. The lowest BCUT2D eigenvalue weighted by atomic mass is 9.98. The van der Waals surface area contributed by atoms with Crippen LogP contribution in [0.4, 0.5) is 0 Å². The van der Waals surface area contributed by atoms with Gasteiger partial charge in [0.05, 0.1) is 5.71 Å². The number of oxime groups is 1. The van der Waals surface area contributed by atoms with Crippen molar-refractivity contribution in [2.45, 2.75) is 42.6 Å². The van der Waals surface area contributed by atoms with Gasteiger partial charge in [0.25, 0.3) is 0 Å². The van der Waals surface area contributed by atoms with E-state index in [0.29, 0.717) is 5.71 Å². The first kappa shape index (κ1) is 25.4. The molecule has 1 unspecified atom stereocenters. The molecule has 0 amide bonds. The molecule has 0 spiro atoms. The van der Waals surface area contributed by atoms with E-state index in [4.69, 9.17) is 4.84 Å². The Kier molecular flexibility index (Phi) is 8.71. The topological polar surface area (TPSA) is 58.9 Å². The van der Waals surface area contributed by atoms with Crippen molar-refractivity contribution in [3.05, 3.63) is 131 Å². The average molecular weight is 496 g/mol. The Balaban J connectivity index is 1.31. The number of aryl methyl sites for hydroxylation is 2.